The molecule has 9 rings (SSSR count). The molecule has 4 nitrogen and oxygen atoms in total. The van der Waals surface area contributed by atoms with E-state index in [0.29, 0.717) is 0 Å². The van der Waals surface area contributed by atoms with Gasteiger partial charge < -0.3 is 9.80 Å². The van der Waals surface area contributed by atoms with Crippen molar-refractivity contribution >= 4 is 23.0 Å². The fourth-order valence-corrected chi connectivity index (χ4v) is 8.18. The van der Waals surface area contributed by atoms with Crippen molar-refractivity contribution in [3.8, 4) is 11.1 Å². The third-order valence-corrected chi connectivity index (χ3v) is 10.3. The maximum absolute atomic E-state index is 4.82. The molecule has 0 unspecified atom stereocenters. The van der Waals surface area contributed by atoms with Gasteiger partial charge in [-0.25, -0.2) is 9.97 Å². The quantitative estimate of drug-likeness (QED) is 0.166. The molecule has 0 fully saturated rings. The number of nitrogens with zero attached hydrogens (tertiary/aromatic N) is 4. The maximum Gasteiger partial charge on any atom is 2.00 e. The smallest absolute Gasteiger partial charge is 0.350 e. The largest absolute Gasteiger partial charge is 2.00 e. The van der Waals surface area contributed by atoms with Crippen LogP contribution in [0.5, 0.6) is 0 Å². The van der Waals surface area contributed by atoms with Gasteiger partial charge in [0.1, 0.15) is 11.6 Å². The molecule has 0 bridgehead atoms. The molecule has 0 atom stereocenters. The molecule has 1 aliphatic carbocycles. The Kier molecular flexibility index (Phi) is 7.80. The molecule has 0 amide bonds. The van der Waals surface area contributed by atoms with Crippen LogP contribution in [0.25, 0.3) is 11.1 Å². The maximum atomic E-state index is 4.82. The number of hydrogen-bond donors (Lipinski definition) is 0. The van der Waals surface area contributed by atoms with Gasteiger partial charge in [0.15, 0.2) is 0 Å². The minimum absolute atomic E-state index is 0. The van der Waals surface area contributed by atoms with E-state index in [1.165, 1.54) is 44.5 Å². The summed E-state index contributed by atoms with van der Waals surface area (Å²) in [6, 6.07) is 43.9. The molecule has 3 aliphatic rings. The molecule has 0 radical (unpaired) electrons. The second-order valence-corrected chi connectivity index (χ2v) is 13.2. The second kappa shape index (κ2) is 12.2. The van der Waals surface area contributed by atoms with Crippen molar-refractivity contribution in [1.82, 2.24) is 9.97 Å². The van der Waals surface area contributed by atoms with E-state index in [-0.39, 0.29) is 21.1 Å². The molecule has 4 aromatic carbocycles. The average Bonchev–Trinajstić information content (AvgIpc) is 3.42. The van der Waals surface area contributed by atoms with Crippen molar-refractivity contribution < 1.29 is 21.1 Å². The Hall–Kier alpha value is -4.53. The van der Waals surface area contributed by atoms with Crippen LogP contribution in [-0.4, -0.2) is 23.1 Å². The van der Waals surface area contributed by atoms with E-state index < -0.39 is 5.41 Å². The fraction of sp³-hybridized carbons (Fsp3) is 0.209. The van der Waals surface area contributed by atoms with Gasteiger partial charge in [-0.2, -0.15) is 36.4 Å². The van der Waals surface area contributed by atoms with Crippen LogP contribution < -0.4 is 9.80 Å². The van der Waals surface area contributed by atoms with Crippen LogP contribution in [0, 0.1) is 26.0 Å². The summed E-state index contributed by atoms with van der Waals surface area (Å²) in [6.07, 6.45) is 8.10. The van der Waals surface area contributed by atoms with E-state index in [1.54, 1.807) is 0 Å². The zero-order valence-electron chi connectivity index (χ0n) is 27.2. The third kappa shape index (κ3) is 4.76. The zero-order chi connectivity index (χ0) is 31.5. The molecule has 0 spiro atoms. The summed E-state index contributed by atoms with van der Waals surface area (Å²) < 4.78 is 0. The van der Waals surface area contributed by atoms with E-state index in [0.717, 1.165) is 72.9 Å². The van der Waals surface area contributed by atoms with Gasteiger partial charge >= 0.3 is 21.1 Å². The zero-order valence-corrected chi connectivity index (χ0v) is 29.5. The standard InChI is InChI=1S/C43H36N4.Pt/c1-29-19-21-44-41(25-29)46-23-7-9-31-15-17-33(27-39(31)46)43(37-13-5-3-11-35(37)36-12-4-6-14-38(36)43)34-18-16-32-10-8-24-47(40(32)28-34)42-26-30(2)20-22-45-42;/h3-6,11-22,25-26H,7-10,23-24H2,1-2H3;/q-2;+2. The molecule has 238 valence electrons. The van der Waals surface area contributed by atoms with Gasteiger partial charge in [0.25, 0.3) is 0 Å². The molecule has 2 aromatic heterocycles. The molecule has 5 heteroatoms. The monoisotopic (exact) mass is 803 g/mol. The van der Waals surface area contributed by atoms with Gasteiger partial charge in [0, 0.05) is 30.9 Å². The summed E-state index contributed by atoms with van der Waals surface area (Å²) in [4.78, 5) is 14.4. The van der Waals surface area contributed by atoms with Gasteiger partial charge in [-0.05, 0) is 84.3 Å². The first kappa shape index (κ1) is 30.8. The van der Waals surface area contributed by atoms with Crippen molar-refractivity contribution in [3.63, 3.8) is 0 Å². The van der Waals surface area contributed by atoms with Crippen LogP contribution in [0.4, 0.5) is 23.0 Å². The predicted molar refractivity (Wildman–Crippen MR) is 190 cm³/mol. The Morgan fingerprint density at radius 3 is 1.50 bits per heavy atom. The molecule has 0 N–H and O–H groups in total. The number of fused-ring (bicyclic) bond motifs is 5. The number of aryl methyl sites for hydroxylation is 4. The summed E-state index contributed by atoms with van der Waals surface area (Å²) in [5, 5.41) is 0. The minimum Gasteiger partial charge on any atom is -0.350 e. The summed E-state index contributed by atoms with van der Waals surface area (Å²) in [5.74, 6) is 1.98. The third-order valence-electron chi connectivity index (χ3n) is 10.3. The van der Waals surface area contributed by atoms with Gasteiger partial charge in [-0.1, -0.05) is 72.7 Å². The number of pyridine rings is 2. The van der Waals surface area contributed by atoms with Crippen LogP contribution in [0.3, 0.4) is 0 Å². The van der Waals surface area contributed by atoms with Crippen molar-refractivity contribution in [2.24, 2.45) is 0 Å². The van der Waals surface area contributed by atoms with Gasteiger partial charge in [0.2, 0.25) is 0 Å². The molecular formula is C43H36N4Pt. The minimum atomic E-state index is -0.594. The SMILES string of the molecule is Cc1ccnc(N2CCCc3ccc(C4(c5[c-]c6c(cc5)CCCN6c5cc(C)ccn5)c5ccccc5-c5ccccc54)[c-]c32)c1.[Pt+2]. The summed E-state index contributed by atoms with van der Waals surface area (Å²) in [5.41, 5.74) is 14.1. The Labute approximate surface area is 297 Å². The molecule has 0 saturated carbocycles. The summed E-state index contributed by atoms with van der Waals surface area (Å²) >= 11 is 0. The summed E-state index contributed by atoms with van der Waals surface area (Å²) in [6.45, 7) is 6.12. The van der Waals surface area contributed by atoms with Crippen molar-refractivity contribution in [2.75, 3.05) is 22.9 Å². The van der Waals surface area contributed by atoms with E-state index in [2.05, 4.69) is 133 Å². The van der Waals surface area contributed by atoms with Crippen molar-refractivity contribution in [1.29, 1.82) is 0 Å². The van der Waals surface area contributed by atoms with E-state index in [9.17, 15) is 0 Å². The molecule has 0 saturated heterocycles. The molecule has 48 heavy (non-hydrogen) atoms. The average molecular weight is 804 g/mol. The number of rotatable bonds is 4. The van der Waals surface area contributed by atoms with Gasteiger partial charge in [-0.15, -0.1) is 22.3 Å². The fourth-order valence-electron chi connectivity index (χ4n) is 8.18. The van der Waals surface area contributed by atoms with E-state index in [1.807, 2.05) is 12.4 Å². The first-order chi connectivity index (χ1) is 23.1. The second-order valence-electron chi connectivity index (χ2n) is 13.2. The first-order valence-corrected chi connectivity index (χ1v) is 16.8. The Bertz CT molecular complexity index is 2020. The number of aromatic nitrogens is 2. The van der Waals surface area contributed by atoms with Crippen LogP contribution in [0.2, 0.25) is 0 Å². The summed E-state index contributed by atoms with van der Waals surface area (Å²) in [7, 11) is 0. The molecular weight excluding hydrogens is 768 g/mol. The first-order valence-electron chi connectivity index (χ1n) is 16.8. The normalized spacial score (nSPS) is 15.5. The number of hydrogen-bond acceptors (Lipinski definition) is 4. The van der Waals surface area contributed by atoms with Crippen molar-refractivity contribution in [3.05, 3.63) is 166 Å². The van der Waals surface area contributed by atoms with Crippen LogP contribution in [0.1, 0.15) is 57.3 Å². The number of benzene rings is 4. The van der Waals surface area contributed by atoms with Gasteiger partial charge in [-0.3, -0.25) is 0 Å². The number of anilines is 4. The van der Waals surface area contributed by atoms with Crippen LogP contribution >= 0.6 is 0 Å². The van der Waals surface area contributed by atoms with E-state index >= 15 is 0 Å². The van der Waals surface area contributed by atoms with Crippen LogP contribution in [-0.2, 0) is 39.3 Å². The molecule has 4 heterocycles. The predicted octanol–water partition coefficient (Wildman–Crippen LogP) is 9.22. The Balaban J connectivity index is 0.00000336. The topological polar surface area (TPSA) is 32.3 Å². The van der Waals surface area contributed by atoms with E-state index in [4.69, 9.17) is 9.97 Å². The Morgan fingerprint density at radius 2 is 1.04 bits per heavy atom. The van der Waals surface area contributed by atoms with Crippen LogP contribution in [0.15, 0.2) is 109 Å². The molecule has 6 aromatic rings. The Morgan fingerprint density at radius 1 is 0.583 bits per heavy atom. The molecule has 2 aliphatic heterocycles. The van der Waals surface area contributed by atoms with Crippen molar-refractivity contribution in [2.45, 2.75) is 44.9 Å². The van der Waals surface area contributed by atoms with Gasteiger partial charge in [0.05, 0.1) is 0 Å².